The number of urea groups is 1. The van der Waals surface area contributed by atoms with Crippen LogP contribution in [0.15, 0.2) is 12.1 Å². The molecule has 20 heavy (non-hydrogen) atoms. The van der Waals surface area contributed by atoms with Gasteiger partial charge in [-0.25, -0.2) is 4.79 Å². The van der Waals surface area contributed by atoms with Crippen LogP contribution in [-0.4, -0.2) is 23.2 Å². The first-order valence-electron chi connectivity index (χ1n) is 6.76. The highest BCUT2D eigenvalue weighted by Crippen LogP contribution is 2.44. The van der Waals surface area contributed by atoms with Crippen molar-refractivity contribution in [3.05, 3.63) is 28.8 Å². The fraction of sp³-hybridized carbons (Fsp3) is 0.438. The Morgan fingerprint density at radius 1 is 1.50 bits per heavy atom. The SMILES string of the molecule is C#CCN1C(=O)NC2CC1(C)Oc1cc(C)c(C)cc12. The lowest BCUT2D eigenvalue weighted by Crippen LogP contribution is -2.64. The first kappa shape index (κ1) is 12.9. The monoisotopic (exact) mass is 270 g/mol. The van der Waals surface area contributed by atoms with Gasteiger partial charge in [0.15, 0.2) is 5.72 Å². The van der Waals surface area contributed by atoms with Crippen LogP contribution in [0.4, 0.5) is 4.79 Å². The van der Waals surface area contributed by atoms with E-state index >= 15 is 0 Å². The van der Waals surface area contributed by atoms with Crippen LogP contribution in [0.5, 0.6) is 5.75 Å². The van der Waals surface area contributed by atoms with E-state index in [0.29, 0.717) is 6.42 Å². The minimum Gasteiger partial charge on any atom is -0.468 e. The quantitative estimate of drug-likeness (QED) is 0.797. The summed E-state index contributed by atoms with van der Waals surface area (Å²) in [6.45, 7) is 6.30. The van der Waals surface area contributed by atoms with Crippen molar-refractivity contribution in [2.24, 2.45) is 0 Å². The molecule has 4 heteroatoms. The highest BCUT2D eigenvalue weighted by molar-refractivity contribution is 5.77. The van der Waals surface area contributed by atoms with Gasteiger partial charge < -0.3 is 10.1 Å². The van der Waals surface area contributed by atoms with E-state index in [1.54, 1.807) is 4.90 Å². The number of fused-ring (bicyclic) bond motifs is 4. The van der Waals surface area contributed by atoms with Crippen molar-refractivity contribution in [1.82, 2.24) is 10.2 Å². The Morgan fingerprint density at radius 3 is 2.90 bits per heavy atom. The second-order valence-corrected chi connectivity index (χ2v) is 5.75. The normalized spacial score (nSPS) is 27.2. The van der Waals surface area contributed by atoms with E-state index in [1.807, 2.05) is 13.0 Å². The Balaban J connectivity index is 2.08. The topological polar surface area (TPSA) is 41.6 Å². The summed E-state index contributed by atoms with van der Waals surface area (Å²) in [5, 5.41) is 3.02. The van der Waals surface area contributed by atoms with E-state index in [2.05, 4.69) is 31.2 Å². The number of rotatable bonds is 1. The molecule has 1 N–H and O–H groups in total. The van der Waals surface area contributed by atoms with E-state index in [-0.39, 0.29) is 18.6 Å². The second-order valence-electron chi connectivity index (χ2n) is 5.75. The van der Waals surface area contributed by atoms with Crippen LogP contribution in [0.1, 0.15) is 36.1 Å². The van der Waals surface area contributed by atoms with Crippen molar-refractivity contribution >= 4 is 6.03 Å². The molecule has 0 saturated carbocycles. The second kappa shape index (κ2) is 4.17. The van der Waals surface area contributed by atoms with Crippen LogP contribution in [0.25, 0.3) is 0 Å². The molecule has 1 fully saturated rings. The van der Waals surface area contributed by atoms with Crippen LogP contribution in [0, 0.1) is 26.2 Å². The lowest BCUT2D eigenvalue weighted by atomic mass is 9.88. The Morgan fingerprint density at radius 2 is 2.20 bits per heavy atom. The summed E-state index contributed by atoms with van der Waals surface area (Å²) < 4.78 is 6.13. The first-order chi connectivity index (χ1) is 9.44. The van der Waals surface area contributed by atoms with Gasteiger partial charge in [-0.15, -0.1) is 6.42 Å². The highest BCUT2D eigenvalue weighted by atomic mass is 16.5. The third-order valence-electron chi connectivity index (χ3n) is 4.28. The lowest BCUT2D eigenvalue weighted by Gasteiger charge is -2.50. The molecule has 2 atom stereocenters. The highest BCUT2D eigenvalue weighted by Gasteiger charge is 2.48. The van der Waals surface area contributed by atoms with Crippen molar-refractivity contribution in [3.8, 4) is 18.1 Å². The molecular weight excluding hydrogens is 252 g/mol. The summed E-state index contributed by atoms with van der Waals surface area (Å²) in [5.41, 5.74) is 2.77. The molecular formula is C16H18N2O2. The number of carbonyl (C=O) groups is 1. The fourth-order valence-electron chi connectivity index (χ4n) is 3.01. The Labute approximate surface area is 119 Å². The summed E-state index contributed by atoms with van der Waals surface area (Å²) in [4.78, 5) is 13.8. The third-order valence-corrected chi connectivity index (χ3v) is 4.28. The van der Waals surface area contributed by atoms with Gasteiger partial charge in [-0.1, -0.05) is 12.0 Å². The van der Waals surface area contributed by atoms with Gasteiger partial charge in [0.1, 0.15) is 5.75 Å². The van der Waals surface area contributed by atoms with E-state index < -0.39 is 5.72 Å². The standard InChI is InChI=1S/C16H18N2O2/c1-5-6-18-15(19)17-13-9-16(18,4)20-14-8-11(3)10(2)7-12(13)14/h1,7-8,13H,6,9H2,2-4H3,(H,17,19). The lowest BCUT2D eigenvalue weighted by molar-refractivity contribution is -0.0780. The van der Waals surface area contributed by atoms with Crippen molar-refractivity contribution in [2.45, 2.75) is 39.0 Å². The summed E-state index contributed by atoms with van der Waals surface area (Å²) >= 11 is 0. The number of amides is 2. The van der Waals surface area contributed by atoms with E-state index in [4.69, 9.17) is 11.2 Å². The van der Waals surface area contributed by atoms with Gasteiger partial charge in [-0.3, -0.25) is 4.90 Å². The fourth-order valence-corrected chi connectivity index (χ4v) is 3.01. The summed E-state index contributed by atoms with van der Waals surface area (Å²) in [6.07, 6.45) is 6.07. The number of ether oxygens (including phenoxy) is 1. The van der Waals surface area contributed by atoms with Gasteiger partial charge in [0, 0.05) is 12.0 Å². The van der Waals surface area contributed by atoms with Crippen molar-refractivity contribution in [3.63, 3.8) is 0 Å². The van der Waals surface area contributed by atoms with Crippen LogP contribution in [-0.2, 0) is 0 Å². The molecule has 2 unspecified atom stereocenters. The molecule has 0 aromatic heterocycles. The minimum absolute atomic E-state index is 0.00965. The van der Waals surface area contributed by atoms with Crippen LogP contribution >= 0.6 is 0 Å². The molecule has 0 radical (unpaired) electrons. The summed E-state index contributed by atoms with van der Waals surface area (Å²) in [7, 11) is 0. The summed E-state index contributed by atoms with van der Waals surface area (Å²) in [5.74, 6) is 3.37. The molecule has 0 aliphatic carbocycles. The Hall–Kier alpha value is -2.15. The zero-order valence-corrected chi connectivity index (χ0v) is 12.0. The van der Waals surface area contributed by atoms with Crippen LogP contribution in [0.3, 0.4) is 0 Å². The Kier molecular flexibility index (Phi) is 2.68. The van der Waals surface area contributed by atoms with Gasteiger partial charge >= 0.3 is 6.03 Å². The summed E-state index contributed by atoms with van der Waals surface area (Å²) in [6, 6.07) is 3.97. The van der Waals surface area contributed by atoms with E-state index in [9.17, 15) is 4.79 Å². The molecule has 2 aliphatic heterocycles. The zero-order chi connectivity index (χ0) is 14.5. The number of benzene rings is 1. The average molecular weight is 270 g/mol. The minimum atomic E-state index is -0.673. The zero-order valence-electron chi connectivity index (χ0n) is 12.0. The number of hydrogen-bond donors (Lipinski definition) is 1. The van der Waals surface area contributed by atoms with Crippen LogP contribution < -0.4 is 10.1 Å². The maximum Gasteiger partial charge on any atom is 0.321 e. The third kappa shape index (κ3) is 1.74. The molecule has 1 aromatic carbocycles. The van der Waals surface area contributed by atoms with Crippen molar-refractivity contribution in [2.75, 3.05) is 6.54 Å². The molecule has 4 nitrogen and oxygen atoms in total. The maximum absolute atomic E-state index is 12.2. The van der Waals surface area contributed by atoms with Gasteiger partial charge in [0.25, 0.3) is 0 Å². The van der Waals surface area contributed by atoms with Gasteiger partial charge in [0.2, 0.25) is 0 Å². The van der Waals surface area contributed by atoms with Gasteiger partial charge in [-0.05, 0) is 38.0 Å². The number of aryl methyl sites for hydroxylation is 2. The molecule has 1 saturated heterocycles. The number of nitrogens with zero attached hydrogens (tertiary/aromatic N) is 1. The van der Waals surface area contributed by atoms with Gasteiger partial charge in [-0.2, -0.15) is 0 Å². The molecule has 3 rings (SSSR count). The van der Waals surface area contributed by atoms with Crippen LogP contribution in [0.2, 0.25) is 0 Å². The molecule has 0 spiro atoms. The van der Waals surface area contributed by atoms with Crippen molar-refractivity contribution in [1.29, 1.82) is 0 Å². The number of nitrogens with one attached hydrogen (secondary N) is 1. The predicted molar refractivity (Wildman–Crippen MR) is 76.4 cm³/mol. The van der Waals surface area contributed by atoms with E-state index in [1.165, 1.54) is 11.1 Å². The molecule has 1 aromatic rings. The molecule has 2 aliphatic rings. The molecule has 104 valence electrons. The number of carbonyl (C=O) groups excluding carboxylic acids is 1. The Bertz CT molecular complexity index is 632. The number of terminal acetylenes is 1. The van der Waals surface area contributed by atoms with Crippen molar-refractivity contribution < 1.29 is 9.53 Å². The van der Waals surface area contributed by atoms with E-state index in [0.717, 1.165) is 11.3 Å². The smallest absolute Gasteiger partial charge is 0.321 e. The molecule has 2 amide bonds. The first-order valence-corrected chi connectivity index (χ1v) is 6.76. The average Bonchev–Trinajstić information content (AvgIpc) is 2.37. The molecule has 2 heterocycles. The maximum atomic E-state index is 12.2. The molecule has 2 bridgehead atoms. The van der Waals surface area contributed by atoms with Gasteiger partial charge in [0.05, 0.1) is 12.6 Å². The predicted octanol–water partition coefficient (Wildman–Crippen LogP) is 2.50. The largest absolute Gasteiger partial charge is 0.468 e. The number of hydrogen-bond acceptors (Lipinski definition) is 2.